The molecule has 3 heterocycles. The fraction of sp³-hybridized carbons (Fsp3) is 0.855. The maximum atomic E-state index is 12.8. The van der Waals surface area contributed by atoms with Gasteiger partial charge in [-0.1, -0.05) is 128 Å². The third-order valence-electron chi connectivity index (χ3n) is 20.2. The van der Waals surface area contributed by atoms with Gasteiger partial charge in [-0.3, -0.25) is 4.79 Å². The molecule has 17 atom stereocenters. The zero-order chi connectivity index (χ0) is 56.1. The molecule has 12 heteroatoms. The van der Waals surface area contributed by atoms with Gasteiger partial charge in [0.05, 0.1) is 68.5 Å². The Morgan fingerprint density at radius 2 is 1.38 bits per heavy atom. The van der Waals surface area contributed by atoms with Gasteiger partial charge in [-0.15, -0.1) is 6.58 Å². The maximum Gasteiger partial charge on any atom is 0.305 e. The van der Waals surface area contributed by atoms with Gasteiger partial charge in [0.15, 0.2) is 25.0 Å². The third kappa shape index (κ3) is 17.2. The van der Waals surface area contributed by atoms with E-state index in [9.17, 15) is 9.90 Å². The molecule has 3 aliphatic heterocycles. The predicted molar refractivity (Wildman–Crippen MR) is 316 cm³/mol. The monoisotopic (exact) mass is 1090 g/mol. The number of aliphatic hydroxyl groups excluding tert-OH is 1. The van der Waals surface area contributed by atoms with E-state index in [0.29, 0.717) is 55.5 Å². The molecule has 0 radical (unpaired) electrons. The van der Waals surface area contributed by atoms with Gasteiger partial charge in [-0.25, -0.2) is 0 Å². The van der Waals surface area contributed by atoms with Crippen molar-refractivity contribution in [3.05, 3.63) is 49.1 Å². The van der Waals surface area contributed by atoms with Crippen LogP contribution in [0, 0.1) is 47.3 Å². The molecule has 4 fully saturated rings. The summed E-state index contributed by atoms with van der Waals surface area (Å²) in [6.45, 7) is 60.3. The lowest BCUT2D eigenvalue weighted by atomic mass is 9.65. The molecule has 9 nitrogen and oxygen atoms in total. The van der Waals surface area contributed by atoms with Crippen molar-refractivity contribution in [1.29, 1.82) is 0 Å². The van der Waals surface area contributed by atoms with E-state index in [1.165, 1.54) is 7.11 Å². The SMILES string of the molecule is C=CC[C@@H]1C[C@@H]([C@H](/C=C/C(O)CC[C@H]2CC(=C)C(CC[C@H]3C[C@@H](C)C(=C)[C@@H](CC4OC(C[C@H](C)CO[Si](C)(C)C(C)(C)C)[C@H](C)[C@H]4CC(=O)OC)O3)O2)O[Si](C)(C)C(C)(C)C)[C@@H](O[Si](C)(C)C(C)(C)C)[C@@H](C)[C@H]1C. The highest BCUT2D eigenvalue weighted by atomic mass is 28.4. The largest absolute Gasteiger partial charge is 0.469 e. The molecule has 4 rings (SSSR count). The van der Waals surface area contributed by atoms with Gasteiger partial charge in [-0.2, -0.15) is 0 Å². The molecule has 3 saturated heterocycles. The third-order valence-corrected chi connectivity index (χ3v) is 33.6. The Bertz CT molecular complexity index is 1860. The fourth-order valence-corrected chi connectivity index (χ4v) is 15.3. The van der Waals surface area contributed by atoms with Gasteiger partial charge in [0.25, 0.3) is 0 Å². The molecule has 0 bridgehead atoms. The molecular formula is C62H114O9Si3. The first-order valence-electron chi connectivity index (χ1n) is 29.3. The van der Waals surface area contributed by atoms with Crippen LogP contribution in [-0.2, 0) is 37.0 Å². The van der Waals surface area contributed by atoms with E-state index in [2.05, 4.69) is 168 Å². The first kappa shape index (κ1) is 65.3. The van der Waals surface area contributed by atoms with Crippen molar-refractivity contribution in [2.45, 2.75) is 277 Å². The van der Waals surface area contributed by atoms with Crippen molar-refractivity contribution in [1.82, 2.24) is 0 Å². The van der Waals surface area contributed by atoms with E-state index < -0.39 is 31.1 Å². The summed E-state index contributed by atoms with van der Waals surface area (Å²) in [4.78, 5) is 12.8. The summed E-state index contributed by atoms with van der Waals surface area (Å²) in [5.41, 5.74) is 2.24. The lowest BCUT2D eigenvalue weighted by Crippen LogP contribution is -2.56. The Morgan fingerprint density at radius 1 is 0.770 bits per heavy atom. The highest BCUT2D eigenvalue weighted by molar-refractivity contribution is 6.75. The number of carbonyl (C=O) groups excluding carboxylic acids is 1. The highest BCUT2D eigenvalue weighted by Gasteiger charge is 2.51. The minimum absolute atomic E-state index is 0.0128. The molecule has 0 aromatic carbocycles. The summed E-state index contributed by atoms with van der Waals surface area (Å²) in [6, 6.07) is 0. The molecule has 428 valence electrons. The molecule has 0 amide bonds. The van der Waals surface area contributed by atoms with Crippen LogP contribution in [0.5, 0.6) is 0 Å². The Balaban J connectivity index is 1.40. The number of allylic oxidation sites excluding steroid dienone is 1. The number of esters is 1. The van der Waals surface area contributed by atoms with Crippen molar-refractivity contribution in [2.75, 3.05) is 13.7 Å². The van der Waals surface area contributed by atoms with Gasteiger partial charge in [0, 0.05) is 24.9 Å². The average molecular weight is 1090 g/mol. The van der Waals surface area contributed by atoms with Crippen LogP contribution >= 0.6 is 0 Å². The number of carbonyl (C=O) groups is 1. The van der Waals surface area contributed by atoms with E-state index in [-0.39, 0.29) is 87.7 Å². The molecule has 1 N–H and O–H groups in total. The number of hydrogen-bond donors (Lipinski definition) is 1. The van der Waals surface area contributed by atoms with E-state index in [1.807, 2.05) is 6.08 Å². The summed E-state index contributed by atoms with van der Waals surface area (Å²) in [5.74, 6) is 2.19. The second kappa shape index (κ2) is 26.4. The summed E-state index contributed by atoms with van der Waals surface area (Å²) in [7, 11) is -4.74. The number of rotatable bonds is 24. The van der Waals surface area contributed by atoms with Crippen LogP contribution in [0.1, 0.15) is 168 Å². The van der Waals surface area contributed by atoms with Crippen LogP contribution in [0.2, 0.25) is 54.4 Å². The van der Waals surface area contributed by atoms with Crippen molar-refractivity contribution in [2.24, 2.45) is 47.3 Å². The fourth-order valence-electron chi connectivity index (χ4n) is 11.5. The lowest BCUT2D eigenvalue weighted by molar-refractivity contribution is -0.142. The predicted octanol–water partition coefficient (Wildman–Crippen LogP) is 15.8. The van der Waals surface area contributed by atoms with Crippen molar-refractivity contribution in [3.63, 3.8) is 0 Å². The summed E-state index contributed by atoms with van der Waals surface area (Å²) in [5, 5.41) is 12.0. The first-order valence-corrected chi connectivity index (χ1v) is 38.0. The van der Waals surface area contributed by atoms with Crippen molar-refractivity contribution in [3.8, 4) is 0 Å². The summed E-state index contributed by atoms with van der Waals surface area (Å²) >= 11 is 0. The van der Waals surface area contributed by atoms with Crippen LogP contribution in [-0.4, -0.2) is 105 Å². The number of ether oxygens (including phenoxy) is 4. The van der Waals surface area contributed by atoms with Crippen molar-refractivity contribution < 1.29 is 42.1 Å². The quantitative estimate of drug-likeness (QED) is 0.0575. The van der Waals surface area contributed by atoms with Crippen LogP contribution in [0.4, 0.5) is 0 Å². The van der Waals surface area contributed by atoms with Gasteiger partial charge in [0.2, 0.25) is 0 Å². The number of aliphatic hydroxyl groups is 1. The number of hydrogen-bond acceptors (Lipinski definition) is 9. The summed E-state index contributed by atoms with van der Waals surface area (Å²) < 4.78 is 47.2. The van der Waals surface area contributed by atoms with E-state index >= 15 is 0 Å². The molecule has 0 spiro atoms. The van der Waals surface area contributed by atoms with Crippen LogP contribution < -0.4 is 0 Å². The summed E-state index contributed by atoms with van der Waals surface area (Å²) in [6.07, 6.45) is 14.0. The minimum Gasteiger partial charge on any atom is -0.469 e. The smallest absolute Gasteiger partial charge is 0.305 e. The molecule has 4 aliphatic rings. The molecule has 1 aliphatic carbocycles. The topological polar surface area (TPSA) is 102 Å². The van der Waals surface area contributed by atoms with E-state index in [1.54, 1.807) is 0 Å². The normalized spacial score (nSPS) is 33.3. The van der Waals surface area contributed by atoms with Crippen LogP contribution in [0.15, 0.2) is 49.1 Å². The number of methoxy groups -OCH3 is 1. The van der Waals surface area contributed by atoms with Gasteiger partial charge in [-0.05, 0) is 159 Å². The Labute approximate surface area is 457 Å². The molecule has 4 unspecified atom stereocenters. The molecule has 74 heavy (non-hydrogen) atoms. The van der Waals surface area contributed by atoms with E-state index in [4.69, 9.17) is 32.2 Å². The lowest BCUT2D eigenvalue weighted by Gasteiger charge is -2.52. The van der Waals surface area contributed by atoms with Crippen LogP contribution in [0.25, 0.3) is 0 Å². The van der Waals surface area contributed by atoms with Crippen molar-refractivity contribution >= 4 is 30.9 Å². The molecule has 1 saturated carbocycles. The molecular weight excluding hydrogens is 973 g/mol. The Kier molecular flexibility index (Phi) is 23.3. The molecule has 0 aromatic heterocycles. The van der Waals surface area contributed by atoms with Gasteiger partial charge < -0.3 is 37.3 Å². The Hall–Kier alpha value is -1.20. The van der Waals surface area contributed by atoms with Gasteiger partial charge in [0.1, 0.15) is 0 Å². The van der Waals surface area contributed by atoms with E-state index in [0.717, 1.165) is 62.5 Å². The Morgan fingerprint density at radius 3 is 1.96 bits per heavy atom. The zero-order valence-electron chi connectivity index (χ0n) is 51.4. The standard InChI is InChI=1S/C62H114O9Si3/c1-25-26-47-36-52(59(45(7)44(47)6)71-74(23,24)62(15,16)17)54(70-73(21,22)61(12,13)14)31-28-48(63)27-29-49-35-42(4)53(67-49)32-30-50-34-41(3)43(5)56(68-50)38-57-51(37-58(64)65-18)46(8)55(69-57)33-40(2)39-66-72(19,20)60(9,10)11/h25,28,31,40-41,44-57,59,63H,1,4-5,26-27,29-30,32-39H2,2-3,6-24H3/b31-28+/t40-,41+,44+,45-,46+,47+,48?,49-,50-,51+,52-,53?,54-,55?,56+,57?,59-/m0/s1. The zero-order valence-corrected chi connectivity index (χ0v) is 54.4. The van der Waals surface area contributed by atoms with Crippen LogP contribution in [0.3, 0.4) is 0 Å². The second-order valence-corrected chi connectivity index (χ2v) is 43.2. The first-order chi connectivity index (χ1) is 33.9. The maximum absolute atomic E-state index is 12.8. The highest BCUT2D eigenvalue weighted by Crippen LogP contribution is 2.50. The second-order valence-electron chi connectivity index (χ2n) is 28.9. The average Bonchev–Trinajstić information content (AvgIpc) is 3.78. The van der Waals surface area contributed by atoms with Gasteiger partial charge >= 0.3 is 5.97 Å². The minimum atomic E-state index is -2.22. The molecule has 0 aromatic rings.